The third-order valence-corrected chi connectivity index (χ3v) is 5.76. The first-order chi connectivity index (χ1) is 8.97. The molecule has 114 valence electrons. The molecule has 0 radical (unpaired) electrons. The van der Waals surface area contributed by atoms with Crippen LogP contribution in [-0.2, 0) is 10.2 Å². The van der Waals surface area contributed by atoms with E-state index in [0.717, 1.165) is 19.5 Å². The lowest BCUT2D eigenvalue weighted by atomic mass is 10.2. The van der Waals surface area contributed by atoms with Crippen LogP contribution in [-0.4, -0.2) is 79.5 Å². The van der Waals surface area contributed by atoms with E-state index in [1.165, 1.54) is 4.31 Å². The van der Waals surface area contributed by atoms with Crippen molar-refractivity contribution in [2.75, 3.05) is 46.4 Å². The molecule has 1 saturated heterocycles. The van der Waals surface area contributed by atoms with Crippen molar-refractivity contribution in [1.82, 2.24) is 13.5 Å². The van der Waals surface area contributed by atoms with Crippen LogP contribution in [0.5, 0.6) is 0 Å². The van der Waals surface area contributed by atoms with E-state index in [2.05, 4.69) is 18.7 Å². The summed E-state index contributed by atoms with van der Waals surface area (Å²) in [5.74, 6) is 0. The maximum absolute atomic E-state index is 12.3. The fraction of sp³-hybridized carbons (Fsp3) is 1.00. The van der Waals surface area contributed by atoms with Crippen LogP contribution in [0.1, 0.15) is 26.7 Å². The zero-order valence-corrected chi connectivity index (χ0v) is 13.1. The van der Waals surface area contributed by atoms with Crippen LogP contribution in [0, 0.1) is 0 Å². The van der Waals surface area contributed by atoms with Gasteiger partial charge in [-0.3, -0.25) is 4.90 Å². The minimum Gasteiger partial charge on any atom is -0.396 e. The molecule has 0 bridgehead atoms. The number of nitrogens with zero attached hydrogens (tertiary/aromatic N) is 3. The lowest BCUT2D eigenvalue weighted by Crippen LogP contribution is -2.43. The highest BCUT2D eigenvalue weighted by atomic mass is 32.2. The Kier molecular flexibility index (Phi) is 6.68. The molecule has 0 aromatic rings. The SMILES string of the molecule is CCN(CC)C1CCN(S(=O)(=O)N(C)CCCO)C1. The van der Waals surface area contributed by atoms with E-state index in [1.54, 1.807) is 11.4 Å². The van der Waals surface area contributed by atoms with Crippen molar-refractivity contribution in [1.29, 1.82) is 0 Å². The number of likely N-dealkylation sites (N-methyl/N-ethyl adjacent to an activating group) is 1. The van der Waals surface area contributed by atoms with Crippen LogP contribution in [0.3, 0.4) is 0 Å². The molecule has 0 aromatic carbocycles. The van der Waals surface area contributed by atoms with Gasteiger partial charge in [0.2, 0.25) is 0 Å². The molecule has 1 unspecified atom stereocenters. The van der Waals surface area contributed by atoms with Gasteiger partial charge in [0.15, 0.2) is 0 Å². The van der Waals surface area contributed by atoms with Crippen LogP contribution in [0.25, 0.3) is 0 Å². The van der Waals surface area contributed by atoms with Gasteiger partial charge in [0.1, 0.15) is 0 Å². The minimum atomic E-state index is -3.36. The van der Waals surface area contributed by atoms with Crippen molar-refractivity contribution in [3.05, 3.63) is 0 Å². The van der Waals surface area contributed by atoms with Crippen LogP contribution >= 0.6 is 0 Å². The molecular formula is C12H27N3O3S. The highest BCUT2D eigenvalue weighted by Crippen LogP contribution is 2.20. The molecule has 0 amide bonds. The first kappa shape index (κ1) is 16.8. The molecule has 0 spiro atoms. The Morgan fingerprint density at radius 1 is 1.32 bits per heavy atom. The maximum Gasteiger partial charge on any atom is 0.281 e. The zero-order chi connectivity index (χ0) is 14.5. The predicted molar refractivity (Wildman–Crippen MR) is 76.2 cm³/mol. The molecule has 0 aliphatic carbocycles. The van der Waals surface area contributed by atoms with Gasteiger partial charge >= 0.3 is 0 Å². The van der Waals surface area contributed by atoms with Gasteiger partial charge in [0, 0.05) is 39.3 Å². The Hall–Kier alpha value is -0.210. The molecule has 6 nitrogen and oxygen atoms in total. The monoisotopic (exact) mass is 293 g/mol. The number of aliphatic hydroxyl groups excluding tert-OH is 1. The maximum atomic E-state index is 12.3. The Morgan fingerprint density at radius 2 is 1.95 bits per heavy atom. The van der Waals surface area contributed by atoms with Crippen molar-refractivity contribution in [2.24, 2.45) is 0 Å². The van der Waals surface area contributed by atoms with Gasteiger partial charge in [-0.1, -0.05) is 13.8 Å². The van der Waals surface area contributed by atoms with Gasteiger partial charge in [0.05, 0.1) is 0 Å². The summed E-state index contributed by atoms with van der Waals surface area (Å²) < 4.78 is 27.6. The lowest BCUT2D eigenvalue weighted by molar-refractivity contribution is 0.223. The van der Waals surface area contributed by atoms with E-state index < -0.39 is 10.2 Å². The number of rotatable bonds is 8. The quantitative estimate of drug-likeness (QED) is 0.682. The average Bonchev–Trinajstić information content (AvgIpc) is 2.87. The molecule has 1 heterocycles. The molecular weight excluding hydrogens is 266 g/mol. The summed E-state index contributed by atoms with van der Waals surface area (Å²) in [5.41, 5.74) is 0. The van der Waals surface area contributed by atoms with Crippen LogP contribution in [0.4, 0.5) is 0 Å². The van der Waals surface area contributed by atoms with Gasteiger partial charge in [-0.2, -0.15) is 17.0 Å². The molecule has 1 atom stereocenters. The molecule has 0 saturated carbocycles. The molecule has 1 fully saturated rings. The van der Waals surface area contributed by atoms with Gasteiger partial charge in [-0.25, -0.2) is 0 Å². The summed E-state index contributed by atoms with van der Waals surface area (Å²) in [5, 5.41) is 8.78. The Bertz CT molecular complexity index is 357. The van der Waals surface area contributed by atoms with Crippen LogP contribution < -0.4 is 0 Å². The van der Waals surface area contributed by atoms with E-state index in [4.69, 9.17) is 5.11 Å². The van der Waals surface area contributed by atoms with Crippen molar-refractivity contribution in [3.63, 3.8) is 0 Å². The summed E-state index contributed by atoms with van der Waals surface area (Å²) in [7, 11) is -1.79. The molecule has 0 aromatic heterocycles. The van der Waals surface area contributed by atoms with E-state index in [1.807, 2.05) is 0 Å². The first-order valence-corrected chi connectivity index (χ1v) is 8.43. The van der Waals surface area contributed by atoms with Crippen molar-refractivity contribution in [2.45, 2.75) is 32.7 Å². The second-order valence-corrected chi connectivity index (χ2v) is 6.96. The molecule has 19 heavy (non-hydrogen) atoms. The Morgan fingerprint density at radius 3 is 2.47 bits per heavy atom. The molecule has 1 rings (SSSR count). The largest absolute Gasteiger partial charge is 0.396 e. The smallest absolute Gasteiger partial charge is 0.281 e. The third-order valence-electron chi connectivity index (χ3n) is 3.81. The van der Waals surface area contributed by atoms with Crippen LogP contribution in [0.15, 0.2) is 0 Å². The topological polar surface area (TPSA) is 64.1 Å². The van der Waals surface area contributed by atoms with Crippen molar-refractivity contribution in [3.8, 4) is 0 Å². The van der Waals surface area contributed by atoms with Gasteiger partial charge in [-0.15, -0.1) is 0 Å². The van der Waals surface area contributed by atoms with Gasteiger partial charge < -0.3 is 5.11 Å². The third kappa shape index (κ3) is 4.13. The fourth-order valence-electron chi connectivity index (χ4n) is 2.56. The van der Waals surface area contributed by atoms with Crippen LogP contribution in [0.2, 0.25) is 0 Å². The van der Waals surface area contributed by atoms with E-state index >= 15 is 0 Å². The molecule has 1 N–H and O–H groups in total. The zero-order valence-electron chi connectivity index (χ0n) is 12.2. The fourth-order valence-corrected chi connectivity index (χ4v) is 4.01. The average molecular weight is 293 g/mol. The van der Waals surface area contributed by atoms with Crippen molar-refractivity contribution < 1.29 is 13.5 Å². The standard InChI is InChI=1S/C12H27N3O3S/c1-4-14(5-2)12-7-9-15(11-12)19(17,18)13(3)8-6-10-16/h12,16H,4-11H2,1-3H3. The Labute approximate surface area is 117 Å². The highest BCUT2D eigenvalue weighted by Gasteiger charge is 2.35. The molecule has 7 heteroatoms. The summed E-state index contributed by atoms with van der Waals surface area (Å²) in [6.45, 7) is 7.67. The van der Waals surface area contributed by atoms with E-state index in [9.17, 15) is 8.42 Å². The first-order valence-electron chi connectivity index (χ1n) is 7.03. The van der Waals surface area contributed by atoms with Crippen molar-refractivity contribution >= 4 is 10.2 Å². The summed E-state index contributed by atoms with van der Waals surface area (Å²) in [4.78, 5) is 2.31. The van der Waals surface area contributed by atoms with E-state index in [0.29, 0.717) is 32.1 Å². The molecule has 1 aliphatic rings. The number of aliphatic hydroxyl groups is 1. The van der Waals surface area contributed by atoms with Gasteiger partial charge in [0.25, 0.3) is 10.2 Å². The summed E-state index contributed by atoms with van der Waals surface area (Å²) in [6.07, 6.45) is 1.37. The number of hydrogen-bond donors (Lipinski definition) is 1. The number of hydrogen-bond acceptors (Lipinski definition) is 4. The highest BCUT2D eigenvalue weighted by molar-refractivity contribution is 7.86. The Balaban J connectivity index is 2.62. The summed E-state index contributed by atoms with van der Waals surface area (Å²) >= 11 is 0. The predicted octanol–water partition coefficient (Wildman–Crippen LogP) is -0.0385. The van der Waals surface area contributed by atoms with Gasteiger partial charge in [-0.05, 0) is 25.9 Å². The minimum absolute atomic E-state index is 0.0158. The normalized spacial score (nSPS) is 21.7. The molecule has 1 aliphatic heterocycles. The second kappa shape index (κ2) is 7.54. The summed E-state index contributed by atoms with van der Waals surface area (Å²) in [6, 6.07) is 0.330. The second-order valence-electron chi connectivity index (χ2n) is 4.93. The lowest BCUT2D eigenvalue weighted by Gasteiger charge is -2.27. The van der Waals surface area contributed by atoms with E-state index in [-0.39, 0.29) is 6.61 Å².